The van der Waals surface area contributed by atoms with E-state index in [4.69, 9.17) is 20.2 Å². The number of nitrogens with two attached hydrogens (primary N) is 1. The van der Waals surface area contributed by atoms with Crippen molar-refractivity contribution in [3.8, 4) is 34.0 Å². The topological polar surface area (TPSA) is 88.1 Å². The summed E-state index contributed by atoms with van der Waals surface area (Å²) >= 11 is 0. The molecule has 33 heavy (non-hydrogen) atoms. The van der Waals surface area contributed by atoms with Crippen LogP contribution in [0.3, 0.4) is 0 Å². The van der Waals surface area contributed by atoms with Crippen LogP contribution in [0.1, 0.15) is 36.6 Å². The molecule has 0 radical (unpaired) electrons. The quantitative estimate of drug-likeness (QED) is 0.477. The maximum absolute atomic E-state index is 14.3. The third kappa shape index (κ3) is 3.67. The van der Waals surface area contributed by atoms with Gasteiger partial charge in [0.05, 0.1) is 30.9 Å². The molecule has 1 atom stereocenters. The molecule has 4 heterocycles. The highest BCUT2D eigenvalue weighted by Crippen LogP contribution is 2.38. The van der Waals surface area contributed by atoms with Crippen LogP contribution in [0.5, 0.6) is 11.5 Å². The maximum Gasteiger partial charge on any atom is 0.166 e. The second-order valence-corrected chi connectivity index (χ2v) is 7.99. The standard InChI is InChI=1S/C25H24FN5O2/c1-4-31-24-16(12-30-31)7-15-8-19(32-3)13-28-23(15)20-6-5-18(26)10-21(20)14(2)33-22-9-17(24)11-29-25(22)27/h5-6,8-14H,4,7H2,1-3H3,(H2,27,29). The number of hydrogen-bond acceptors (Lipinski definition) is 6. The molecule has 1 aromatic carbocycles. The van der Waals surface area contributed by atoms with Gasteiger partial charge in [-0.05, 0) is 49.7 Å². The van der Waals surface area contributed by atoms with Crippen LogP contribution in [-0.2, 0) is 13.0 Å². The fourth-order valence-corrected chi connectivity index (χ4v) is 4.33. The molecular formula is C25H24FN5O2. The van der Waals surface area contributed by atoms with E-state index < -0.39 is 6.10 Å². The Morgan fingerprint density at radius 2 is 2.00 bits per heavy atom. The fraction of sp³-hybridized carbons (Fsp3) is 0.240. The fourth-order valence-electron chi connectivity index (χ4n) is 4.33. The third-order valence-corrected chi connectivity index (χ3v) is 5.94. The molecule has 0 spiro atoms. The van der Waals surface area contributed by atoms with Gasteiger partial charge in [-0.2, -0.15) is 5.10 Å². The molecule has 1 aliphatic rings. The lowest BCUT2D eigenvalue weighted by molar-refractivity contribution is 0.227. The van der Waals surface area contributed by atoms with Crippen LogP contribution in [0, 0.1) is 5.82 Å². The number of anilines is 1. The van der Waals surface area contributed by atoms with Crippen molar-refractivity contribution in [1.82, 2.24) is 19.7 Å². The zero-order valence-corrected chi connectivity index (χ0v) is 18.7. The Bertz CT molecular complexity index is 1350. The molecule has 5 rings (SSSR count). The Hall–Kier alpha value is -3.94. The summed E-state index contributed by atoms with van der Waals surface area (Å²) in [7, 11) is 1.61. The van der Waals surface area contributed by atoms with Gasteiger partial charge in [0.15, 0.2) is 11.6 Å². The highest BCUT2D eigenvalue weighted by atomic mass is 19.1. The number of methoxy groups -OCH3 is 1. The van der Waals surface area contributed by atoms with Gasteiger partial charge in [0.1, 0.15) is 17.7 Å². The van der Waals surface area contributed by atoms with Crippen LogP contribution in [0.4, 0.5) is 10.2 Å². The van der Waals surface area contributed by atoms with Gasteiger partial charge in [0.2, 0.25) is 0 Å². The van der Waals surface area contributed by atoms with E-state index in [0.29, 0.717) is 30.0 Å². The Kier molecular flexibility index (Phi) is 5.20. The zero-order valence-electron chi connectivity index (χ0n) is 18.7. The van der Waals surface area contributed by atoms with Gasteiger partial charge >= 0.3 is 0 Å². The molecule has 0 aliphatic carbocycles. The van der Waals surface area contributed by atoms with E-state index in [0.717, 1.165) is 33.6 Å². The number of benzene rings is 1. The summed E-state index contributed by atoms with van der Waals surface area (Å²) in [6.45, 7) is 4.59. The summed E-state index contributed by atoms with van der Waals surface area (Å²) in [6, 6.07) is 8.49. The number of aryl methyl sites for hydroxylation is 1. The van der Waals surface area contributed by atoms with Gasteiger partial charge < -0.3 is 15.2 Å². The van der Waals surface area contributed by atoms with E-state index in [9.17, 15) is 4.39 Å². The molecule has 1 aliphatic heterocycles. The van der Waals surface area contributed by atoms with Gasteiger partial charge in [0, 0.05) is 41.4 Å². The maximum atomic E-state index is 14.3. The molecule has 0 saturated heterocycles. The smallest absolute Gasteiger partial charge is 0.166 e. The molecule has 1 unspecified atom stereocenters. The second kappa shape index (κ2) is 8.20. The average Bonchev–Trinajstić information content (AvgIpc) is 3.22. The second-order valence-electron chi connectivity index (χ2n) is 7.99. The lowest BCUT2D eigenvalue weighted by Crippen LogP contribution is -2.10. The number of pyridine rings is 2. The molecule has 2 N–H and O–H groups in total. The first kappa shape index (κ1) is 20.9. The molecule has 3 aromatic heterocycles. The number of hydrogen-bond donors (Lipinski definition) is 1. The van der Waals surface area contributed by atoms with Crippen molar-refractivity contribution in [1.29, 1.82) is 0 Å². The highest BCUT2D eigenvalue weighted by Gasteiger charge is 2.23. The largest absolute Gasteiger partial charge is 0.495 e. The molecule has 168 valence electrons. The van der Waals surface area contributed by atoms with Crippen molar-refractivity contribution in [2.45, 2.75) is 32.9 Å². The summed E-state index contributed by atoms with van der Waals surface area (Å²) in [4.78, 5) is 9.07. The Morgan fingerprint density at radius 1 is 1.15 bits per heavy atom. The number of nitrogen functional groups attached to an aromatic ring is 1. The molecule has 0 saturated carbocycles. The van der Waals surface area contributed by atoms with Crippen LogP contribution < -0.4 is 15.2 Å². The number of fused-ring (bicyclic) bond motifs is 7. The number of ether oxygens (including phenoxy) is 2. The molecular weight excluding hydrogens is 421 g/mol. The third-order valence-electron chi connectivity index (χ3n) is 5.94. The van der Waals surface area contributed by atoms with Crippen LogP contribution in [0.15, 0.2) is 48.9 Å². The summed E-state index contributed by atoms with van der Waals surface area (Å²) in [5.41, 5.74) is 12.1. The first-order chi connectivity index (χ1) is 16.0. The van der Waals surface area contributed by atoms with Crippen molar-refractivity contribution in [2.24, 2.45) is 0 Å². The Morgan fingerprint density at radius 3 is 2.79 bits per heavy atom. The first-order valence-corrected chi connectivity index (χ1v) is 10.8. The van der Waals surface area contributed by atoms with Gasteiger partial charge in [-0.15, -0.1) is 0 Å². The summed E-state index contributed by atoms with van der Waals surface area (Å²) in [5, 5.41) is 4.59. The predicted molar refractivity (Wildman–Crippen MR) is 124 cm³/mol. The SMILES string of the molecule is CCn1ncc2c1-c1cnc(N)c(c1)OC(C)c1cc(F)ccc1-c1ncc(OC)cc1C2. The molecule has 4 aromatic rings. The van der Waals surface area contributed by atoms with Crippen molar-refractivity contribution >= 4 is 5.82 Å². The molecule has 0 amide bonds. The monoisotopic (exact) mass is 445 g/mol. The zero-order chi connectivity index (χ0) is 23.1. The normalized spacial score (nSPS) is 14.7. The highest BCUT2D eigenvalue weighted by molar-refractivity contribution is 5.72. The van der Waals surface area contributed by atoms with E-state index in [-0.39, 0.29) is 11.6 Å². The number of nitrogens with zero attached hydrogens (tertiary/aromatic N) is 4. The minimum absolute atomic E-state index is 0.271. The van der Waals surface area contributed by atoms with Gasteiger partial charge in [-0.3, -0.25) is 9.67 Å². The molecule has 8 heteroatoms. The molecule has 2 bridgehead atoms. The summed E-state index contributed by atoms with van der Waals surface area (Å²) < 4.78 is 27.9. The number of rotatable bonds is 2. The van der Waals surface area contributed by atoms with Crippen LogP contribution in [-0.4, -0.2) is 26.9 Å². The predicted octanol–water partition coefficient (Wildman–Crippen LogP) is 4.80. The van der Waals surface area contributed by atoms with Crippen LogP contribution >= 0.6 is 0 Å². The summed E-state index contributed by atoms with van der Waals surface area (Å²) in [6.07, 6.45) is 5.31. The Labute approximate surface area is 191 Å². The lowest BCUT2D eigenvalue weighted by atomic mass is 9.93. The van der Waals surface area contributed by atoms with E-state index in [1.54, 1.807) is 25.6 Å². The van der Waals surface area contributed by atoms with Gasteiger partial charge in [0.25, 0.3) is 0 Å². The lowest BCUT2D eigenvalue weighted by Gasteiger charge is -2.22. The summed E-state index contributed by atoms with van der Waals surface area (Å²) in [5.74, 6) is 1.01. The van der Waals surface area contributed by atoms with Crippen molar-refractivity contribution in [2.75, 3.05) is 12.8 Å². The van der Waals surface area contributed by atoms with Gasteiger partial charge in [-0.25, -0.2) is 9.37 Å². The molecule has 7 nitrogen and oxygen atoms in total. The van der Waals surface area contributed by atoms with Crippen molar-refractivity contribution in [3.05, 3.63) is 71.4 Å². The van der Waals surface area contributed by atoms with Crippen LogP contribution in [0.2, 0.25) is 0 Å². The van der Waals surface area contributed by atoms with Crippen molar-refractivity contribution in [3.63, 3.8) is 0 Å². The van der Waals surface area contributed by atoms with E-state index in [1.165, 1.54) is 12.1 Å². The van der Waals surface area contributed by atoms with Gasteiger partial charge in [-0.1, -0.05) is 0 Å². The van der Waals surface area contributed by atoms with E-state index in [1.807, 2.05) is 36.9 Å². The minimum atomic E-state index is -0.498. The number of halogens is 1. The first-order valence-electron chi connectivity index (χ1n) is 10.8. The number of aromatic nitrogens is 4. The van der Waals surface area contributed by atoms with Crippen molar-refractivity contribution < 1.29 is 13.9 Å². The van der Waals surface area contributed by atoms with E-state index in [2.05, 4.69) is 10.1 Å². The van der Waals surface area contributed by atoms with Crippen LogP contribution in [0.25, 0.3) is 22.5 Å². The molecule has 0 fully saturated rings. The Balaban J connectivity index is 1.82. The average molecular weight is 445 g/mol. The minimum Gasteiger partial charge on any atom is -0.495 e. The van der Waals surface area contributed by atoms with E-state index >= 15 is 0 Å².